The summed E-state index contributed by atoms with van der Waals surface area (Å²) < 4.78 is 5.20. The average Bonchev–Trinajstić information content (AvgIpc) is 2.99. The van der Waals surface area contributed by atoms with Crippen LogP contribution in [0.2, 0.25) is 0 Å². The first kappa shape index (κ1) is 13.9. The molecule has 4 nitrogen and oxygen atoms in total. The zero-order valence-corrected chi connectivity index (χ0v) is 11.8. The molecule has 2 unspecified atom stereocenters. The summed E-state index contributed by atoms with van der Waals surface area (Å²) in [7, 11) is 0. The van der Waals surface area contributed by atoms with Crippen LogP contribution in [0.1, 0.15) is 32.8 Å². The van der Waals surface area contributed by atoms with Gasteiger partial charge in [0.25, 0.3) is 0 Å². The second-order valence-corrected chi connectivity index (χ2v) is 6.19. The summed E-state index contributed by atoms with van der Waals surface area (Å²) in [6.07, 6.45) is 0.516. The standard InChI is InChI=1S/C15H22N2O2/c1-14(2,3)19-13(18)17-10-12-9-15(12,16)11-7-5-4-6-8-11/h4-8,12H,9-10,16H2,1-3H3,(H,17,18). The maximum absolute atomic E-state index is 11.6. The zero-order valence-electron chi connectivity index (χ0n) is 11.8. The Kier molecular flexibility index (Phi) is 3.54. The Morgan fingerprint density at radius 3 is 2.63 bits per heavy atom. The lowest BCUT2D eigenvalue weighted by molar-refractivity contribution is 0.0524. The lowest BCUT2D eigenvalue weighted by Gasteiger charge is -2.20. The number of rotatable bonds is 3. The number of amides is 1. The maximum Gasteiger partial charge on any atom is 0.407 e. The van der Waals surface area contributed by atoms with Crippen LogP contribution in [0.4, 0.5) is 4.79 Å². The van der Waals surface area contributed by atoms with Crippen molar-refractivity contribution in [1.29, 1.82) is 0 Å². The van der Waals surface area contributed by atoms with E-state index in [-0.39, 0.29) is 17.6 Å². The van der Waals surface area contributed by atoms with E-state index in [9.17, 15) is 4.79 Å². The molecule has 0 aromatic heterocycles. The first-order chi connectivity index (χ1) is 8.81. The molecule has 2 rings (SSSR count). The molecule has 4 heteroatoms. The van der Waals surface area contributed by atoms with Gasteiger partial charge in [0.2, 0.25) is 0 Å². The SMILES string of the molecule is CC(C)(C)OC(=O)NCC1CC1(N)c1ccccc1. The molecule has 2 atom stereocenters. The highest BCUT2D eigenvalue weighted by Crippen LogP contribution is 2.48. The third-order valence-corrected chi connectivity index (χ3v) is 3.36. The third kappa shape index (κ3) is 3.47. The second-order valence-electron chi connectivity index (χ2n) is 6.19. The van der Waals surface area contributed by atoms with E-state index in [0.29, 0.717) is 6.54 Å². The monoisotopic (exact) mass is 262 g/mol. The van der Waals surface area contributed by atoms with Gasteiger partial charge in [0.15, 0.2) is 0 Å². The largest absolute Gasteiger partial charge is 0.444 e. The van der Waals surface area contributed by atoms with Crippen LogP contribution in [0, 0.1) is 5.92 Å². The minimum atomic E-state index is -0.465. The molecule has 1 saturated carbocycles. The topological polar surface area (TPSA) is 64.3 Å². The Hall–Kier alpha value is -1.55. The lowest BCUT2D eigenvalue weighted by atomic mass is 10.0. The average molecular weight is 262 g/mol. The summed E-state index contributed by atoms with van der Waals surface area (Å²) in [6, 6.07) is 10.0. The van der Waals surface area contributed by atoms with E-state index < -0.39 is 5.60 Å². The number of hydrogen-bond donors (Lipinski definition) is 2. The van der Waals surface area contributed by atoms with Crippen LogP contribution in [0.3, 0.4) is 0 Å². The van der Waals surface area contributed by atoms with E-state index in [0.717, 1.165) is 12.0 Å². The number of ether oxygens (including phenoxy) is 1. The van der Waals surface area contributed by atoms with Gasteiger partial charge in [-0.3, -0.25) is 0 Å². The molecule has 0 aliphatic heterocycles. The minimum absolute atomic E-state index is 0.280. The first-order valence-corrected chi connectivity index (χ1v) is 6.62. The summed E-state index contributed by atoms with van der Waals surface area (Å²) in [5.41, 5.74) is 6.70. The summed E-state index contributed by atoms with van der Waals surface area (Å²) in [5.74, 6) is 0.280. The van der Waals surface area contributed by atoms with E-state index in [2.05, 4.69) is 5.32 Å². The lowest BCUT2D eigenvalue weighted by Crippen LogP contribution is -2.35. The van der Waals surface area contributed by atoms with Gasteiger partial charge in [0, 0.05) is 18.0 Å². The smallest absolute Gasteiger partial charge is 0.407 e. The van der Waals surface area contributed by atoms with E-state index >= 15 is 0 Å². The van der Waals surface area contributed by atoms with Crippen molar-refractivity contribution < 1.29 is 9.53 Å². The fourth-order valence-electron chi connectivity index (χ4n) is 2.23. The predicted molar refractivity (Wildman–Crippen MR) is 74.7 cm³/mol. The molecule has 1 aliphatic carbocycles. The van der Waals surface area contributed by atoms with Crippen LogP contribution in [-0.2, 0) is 10.3 Å². The molecule has 1 fully saturated rings. The first-order valence-electron chi connectivity index (χ1n) is 6.62. The van der Waals surface area contributed by atoms with Gasteiger partial charge in [-0.2, -0.15) is 0 Å². The van der Waals surface area contributed by atoms with E-state index in [1.54, 1.807) is 0 Å². The molecule has 0 bridgehead atoms. The van der Waals surface area contributed by atoms with Crippen molar-refractivity contribution >= 4 is 6.09 Å². The normalized spacial score (nSPS) is 25.8. The quantitative estimate of drug-likeness (QED) is 0.879. The van der Waals surface area contributed by atoms with Gasteiger partial charge in [0.1, 0.15) is 5.60 Å². The molecule has 1 aromatic carbocycles. The van der Waals surface area contributed by atoms with Crippen molar-refractivity contribution in [3.05, 3.63) is 35.9 Å². The minimum Gasteiger partial charge on any atom is -0.444 e. The molecule has 0 saturated heterocycles. The third-order valence-electron chi connectivity index (χ3n) is 3.36. The van der Waals surface area contributed by atoms with Crippen molar-refractivity contribution in [2.24, 2.45) is 11.7 Å². The van der Waals surface area contributed by atoms with Crippen molar-refractivity contribution in [2.75, 3.05) is 6.54 Å². The van der Waals surface area contributed by atoms with Gasteiger partial charge in [-0.1, -0.05) is 30.3 Å². The Morgan fingerprint density at radius 2 is 2.05 bits per heavy atom. The summed E-state index contributed by atoms with van der Waals surface area (Å²) in [5, 5.41) is 2.78. The molecule has 0 heterocycles. The number of hydrogen-bond acceptors (Lipinski definition) is 3. The highest BCUT2D eigenvalue weighted by Gasteiger charge is 2.51. The number of carbonyl (C=O) groups is 1. The van der Waals surface area contributed by atoms with Gasteiger partial charge in [0.05, 0.1) is 0 Å². The number of nitrogens with one attached hydrogen (secondary N) is 1. The molecule has 1 aliphatic rings. The van der Waals surface area contributed by atoms with Crippen LogP contribution < -0.4 is 11.1 Å². The van der Waals surface area contributed by atoms with E-state index in [1.165, 1.54) is 0 Å². The van der Waals surface area contributed by atoms with Crippen LogP contribution in [0.5, 0.6) is 0 Å². The molecule has 1 amide bonds. The van der Waals surface area contributed by atoms with Crippen LogP contribution in [0.15, 0.2) is 30.3 Å². The highest BCUT2D eigenvalue weighted by molar-refractivity contribution is 5.67. The second kappa shape index (κ2) is 4.85. The number of alkyl carbamates (subject to hydrolysis) is 1. The Morgan fingerprint density at radius 1 is 1.42 bits per heavy atom. The Bertz CT molecular complexity index is 453. The molecule has 104 valence electrons. The van der Waals surface area contributed by atoms with E-state index in [1.807, 2.05) is 51.1 Å². The van der Waals surface area contributed by atoms with Crippen LogP contribution >= 0.6 is 0 Å². The Labute approximate surface area is 114 Å². The molecular formula is C15H22N2O2. The summed E-state index contributed by atoms with van der Waals surface area (Å²) in [4.78, 5) is 11.6. The van der Waals surface area contributed by atoms with Crippen molar-refractivity contribution in [2.45, 2.75) is 38.3 Å². The van der Waals surface area contributed by atoms with E-state index in [4.69, 9.17) is 10.5 Å². The van der Waals surface area contributed by atoms with Crippen LogP contribution in [-0.4, -0.2) is 18.2 Å². The molecule has 0 spiro atoms. The summed E-state index contributed by atoms with van der Waals surface area (Å²) in [6.45, 7) is 6.10. The number of benzene rings is 1. The summed E-state index contributed by atoms with van der Waals surface area (Å²) >= 11 is 0. The maximum atomic E-state index is 11.6. The molecular weight excluding hydrogens is 240 g/mol. The number of carbonyl (C=O) groups excluding carboxylic acids is 1. The molecule has 1 aromatic rings. The molecule has 19 heavy (non-hydrogen) atoms. The van der Waals surface area contributed by atoms with Gasteiger partial charge >= 0.3 is 6.09 Å². The fraction of sp³-hybridized carbons (Fsp3) is 0.533. The van der Waals surface area contributed by atoms with Crippen molar-refractivity contribution in [1.82, 2.24) is 5.32 Å². The fourth-order valence-corrected chi connectivity index (χ4v) is 2.23. The van der Waals surface area contributed by atoms with Gasteiger partial charge < -0.3 is 15.8 Å². The van der Waals surface area contributed by atoms with Crippen molar-refractivity contribution in [3.8, 4) is 0 Å². The zero-order chi connectivity index (χ0) is 14.1. The highest BCUT2D eigenvalue weighted by atomic mass is 16.6. The van der Waals surface area contributed by atoms with Gasteiger partial charge in [-0.05, 0) is 32.8 Å². The van der Waals surface area contributed by atoms with Gasteiger partial charge in [-0.25, -0.2) is 4.79 Å². The number of nitrogens with two attached hydrogens (primary N) is 1. The predicted octanol–water partition coefficient (Wildman–Crippen LogP) is 2.39. The molecule has 3 N–H and O–H groups in total. The molecule has 0 radical (unpaired) electrons. The van der Waals surface area contributed by atoms with Crippen molar-refractivity contribution in [3.63, 3.8) is 0 Å². The van der Waals surface area contributed by atoms with Crippen LogP contribution in [0.25, 0.3) is 0 Å². The van der Waals surface area contributed by atoms with Gasteiger partial charge in [-0.15, -0.1) is 0 Å². The Balaban J connectivity index is 1.83.